The van der Waals surface area contributed by atoms with Crippen LogP contribution in [0.2, 0.25) is 0 Å². The number of nitrogens with one attached hydrogen (secondary N) is 1. The van der Waals surface area contributed by atoms with Crippen molar-refractivity contribution in [2.45, 2.75) is 23.5 Å². The zero-order valence-corrected chi connectivity index (χ0v) is 18.2. The Labute approximate surface area is 185 Å². The van der Waals surface area contributed by atoms with Crippen LogP contribution in [0.3, 0.4) is 0 Å². The lowest BCUT2D eigenvalue weighted by Crippen LogP contribution is -2.69. The van der Waals surface area contributed by atoms with Crippen LogP contribution in [0.5, 0.6) is 0 Å². The summed E-state index contributed by atoms with van der Waals surface area (Å²) in [6.45, 7) is 0.746. The van der Waals surface area contributed by atoms with Crippen LogP contribution >= 0.6 is 0 Å². The van der Waals surface area contributed by atoms with Crippen molar-refractivity contribution in [3.8, 4) is 11.4 Å². The summed E-state index contributed by atoms with van der Waals surface area (Å²) in [5.41, 5.74) is 1.88. The van der Waals surface area contributed by atoms with E-state index in [1.165, 1.54) is 0 Å². The fourth-order valence-corrected chi connectivity index (χ4v) is 6.84. The molecule has 0 radical (unpaired) electrons. The van der Waals surface area contributed by atoms with Crippen LogP contribution in [-0.2, 0) is 16.3 Å². The van der Waals surface area contributed by atoms with E-state index in [-0.39, 0.29) is 24.9 Å². The van der Waals surface area contributed by atoms with Crippen molar-refractivity contribution in [2.24, 2.45) is 0 Å². The summed E-state index contributed by atoms with van der Waals surface area (Å²) in [6.07, 6.45) is 4.39. The monoisotopic (exact) mass is 453 g/mol. The highest BCUT2D eigenvalue weighted by molar-refractivity contribution is 7.93. The third kappa shape index (κ3) is 3.54. The highest BCUT2D eigenvalue weighted by atomic mass is 32.2. The van der Waals surface area contributed by atoms with E-state index in [1.807, 2.05) is 30.3 Å². The zero-order chi connectivity index (χ0) is 22.2. The fourth-order valence-electron chi connectivity index (χ4n) is 4.53. The normalized spacial score (nSPS) is 20.8. The Morgan fingerprint density at radius 1 is 1.16 bits per heavy atom. The van der Waals surface area contributed by atoms with Gasteiger partial charge in [0.15, 0.2) is 9.84 Å². The maximum Gasteiger partial charge on any atom is 0.317 e. The number of pyridine rings is 1. The molecular weight excluding hydrogens is 430 g/mol. The zero-order valence-electron chi connectivity index (χ0n) is 17.3. The van der Waals surface area contributed by atoms with Gasteiger partial charge in [-0.1, -0.05) is 35.5 Å². The minimum absolute atomic E-state index is 0.0497. The fraction of sp³-hybridized carbons (Fsp3) is 0.364. The molecule has 5 rings (SSSR count). The molecular formula is C22H23N5O4S. The average molecular weight is 454 g/mol. The summed E-state index contributed by atoms with van der Waals surface area (Å²) >= 11 is 0. The number of carbonyl (C=O) groups is 1. The Kier molecular flexibility index (Phi) is 5.16. The topological polar surface area (TPSA) is 118 Å². The van der Waals surface area contributed by atoms with Crippen LogP contribution in [0, 0.1) is 0 Å². The van der Waals surface area contributed by atoms with Gasteiger partial charge in [-0.2, -0.15) is 4.98 Å². The lowest BCUT2D eigenvalue weighted by Gasteiger charge is -2.48. The molecule has 1 aromatic carbocycles. The molecule has 0 saturated carbocycles. The largest absolute Gasteiger partial charge is 0.339 e. The van der Waals surface area contributed by atoms with Crippen molar-refractivity contribution in [1.29, 1.82) is 0 Å². The Hall–Kier alpha value is -3.27. The number of hydrogen-bond donors (Lipinski definition) is 1. The van der Waals surface area contributed by atoms with Gasteiger partial charge < -0.3 is 14.7 Å². The van der Waals surface area contributed by atoms with E-state index in [9.17, 15) is 13.2 Å². The van der Waals surface area contributed by atoms with Gasteiger partial charge in [0.2, 0.25) is 11.7 Å². The first kappa shape index (κ1) is 20.6. The quantitative estimate of drug-likeness (QED) is 0.628. The highest BCUT2D eigenvalue weighted by Gasteiger charge is 2.64. The highest BCUT2D eigenvalue weighted by Crippen LogP contribution is 2.49. The number of aromatic nitrogens is 3. The van der Waals surface area contributed by atoms with Crippen LogP contribution < -0.4 is 5.32 Å². The molecule has 1 atom stereocenters. The summed E-state index contributed by atoms with van der Waals surface area (Å²) in [4.78, 5) is 22.5. The van der Waals surface area contributed by atoms with Gasteiger partial charge in [0.05, 0.1) is 11.7 Å². The molecule has 9 nitrogen and oxygen atoms in total. The third-order valence-corrected chi connectivity index (χ3v) is 8.90. The average Bonchev–Trinajstić information content (AvgIpc) is 3.36. The van der Waals surface area contributed by atoms with E-state index >= 15 is 0 Å². The Bertz CT molecular complexity index is 1210. The molecule has 0 bridgehead atoms. The van der Waals surface area contributed by atoms with Gasteiger partial charge in [-0.15, -0.1) is 0 Å². The van der Waals surface area contributed by atoms with Crippen LogP contribution in [0.1, 0.15) is 23.8 Å². The van der Waals surface area contributed by atoms with Gasteiger partial charge >= 0.3 is 6.03 Å². The van der Waals surface area contributed by atoms with Crippen molar-refractivity contribution >= 4 is 15.9 Å². The molecule has 2 fully saturated rings. The molecule has 1 spiro atoms. The summed E-state index contributed by atoms with van der Waals surface area (Å²) in [6, 6.07) is 13.1. The second-order valence-corrected chi connectivity index (χ2v) is 10.7. The molecule has 2 aromatic heterocycles. The lowest BCUT2D eigenvalue weighted by atomic mass is 9.83. The molecule has 3 aromatic rings. The van der Waals surface area contributed by atoms with E-state index in [0.29, 0.717) is 31.1 Å². The van der Waals surface area contributed by atoms with Gasteiger partial charge in [0, 0.05) is 37.6 Å². The number of hydrogen-bond acceptors (Lipinski definition) is 7. The van der Waals surface area contributed by atoms with Crippen LogP contribution in [0.15, 0.2) is 59.4 Å². The predicted octanol–water partition coefficient (Wildman–Crippen LogP) is 2.04. The minimum Gasteiger partial charge on any atom is -0.339 e. The molecule has 10 heteroatoms. The van der Waals surface area contributed by atoms with E-state index < -0.39 is 20.5 Å². The first-order chi connectivity index (χ1) is 15.5. The van der Waals surface area contributed by atoms with Crippen LogP contribution in [0.25, 0.3) is 11.4 Å². The molecule has 32 heavy (non-hydrogen) atoms. The van der Waals surface area contributed by atoms with Gasteiger partial charge in [-0.05, 0) is 30.5 Å². The summed E-state index contributed by atoms with van der Waals surface area (Å²) in [7, 11) is -3.39. The van der Waals surface area contributed by atoms with Gasteiger partial charge in [-0.25, -0.2) is 13.2 Å². The molecule has 166 valence electrons. The summed E-state index contributed by atoms with van der Waals surface area (Å²) in [5, 5.41) is 6.91. The van der Waals surface area contributed by atoms with Crippen LogP contribution in [-0.4, -0.2) is 64.6 Å². The van der Waals surface area contributed by atoms with E-state index in [1.54, 1.807) is 29.4 Å². The third-order valence-electron chi connectivity index (χ3n) is 6.34. The Morgan fingerprint density at radius 3 is 2.66 bits per heavy atom. The number of nitrogens with zero attached hydrogens (tertiary/aromatic N) is 4. The minimum atomic E-state index is -3.39. The van der Waals surface area contributed by atoms with Crippen molar-refractivity contribution in [3.05, 3.63) is 66.3 Å². The van der Waals surface area contributed by atoms with Crippen molar-refractivity contribution in [1.82, 2.24) is 25.3 Å². The molecule has 1 N–H and O–H groups in total. The maximum absolute atomic E-state index is 12.9. The number of amides is 2. The summed E-state index contributed by atoms with van der Waals surface area (Å²) < 4.78 is 30.3. The van der Waals surface area contributed by atoms with E-state index in [2.05, 4.69) is 20.4 Å². The maximum atomic E-state index is 12.9. The second kappa shape index (κ2) is 8.01. The molecule has 0 aliphatic carbocycles. The van der Waals surface area contributed by atoms with Gasteiger partial charge in [-0.3, -0.25) is 4.98 Å². The van der Waals surface area contributed by atoms with Crippen LogP contribution in [0.4, 0.5) is 4.79 Å². The SMILES string of the molecule is O=C(NCCc1ccccc1)N1CC2(C1)C(c1nc(-c3ccncc3)no1)CCS2(=O)=O. The predicted molar refractivity (Wildman–Crippen MR) is 117 cm³/mol. The summed E-state index contributed by atoms with van der Waals surface area (Å²) in [5.74, 6) is 0.330. The van der Waals surface area contributed by atoms with E-state index in [4.69, 9.17) is 4.52 Å². The van der Waals surface area contributed by atoms with Crippen molar-refractivity contribution in [2.75, 3.05) is 25.4 Å². The Morgan fingerprint density at radius 2 is 1.91 bits per heavy atom. The molecule has 2 aliphatic heterocycles. The number of urea groups is 1. The lowest BCUT2D eigenvalue weighted by molar-refractivity contribution is 0.117. The molecule has 1 unspecified atom stereocenters. The molecule has 2 aliphatic rings. The first-order valence-corrected chi connectivity index (χ1v) is 12.2. The van der Waals surface area contributed by atoms with Crippen molar-refractivity contribution in [3.63, 3.8) is 0 Å². The van der Waals surface area contributed by atoms with Crippen molar-refractivity contribution < 1.29 is 17.7 Å². The number of rotatable bonds is 5. The smallest absolute Gasteiger partial charge is 0.317 e. The van der Waals surface area contributed by atoms with Gasteiger partial charge in [0.25, 0.3) is 0 Å². The molecule has 4 heterocycles. The second-order valence-electron chi connectivity index (χ2n) is 8.24. The van der Waals surface area contributed by atoms with E-state index in [0.717, 1.165) is 11.1 Å². The number of sulfone groups is 1. The standard InChI is InChI=1S/C22H23N5O4S/c28-21(24-12-6-16-4-2-1-3-5-16)27-14-22(15-27)18(9-13-32(22,29)30)20-25-19(26-31-20)17-7-10-23-11-8-17/h1-5,7-8,10-11,18H,6,9,12-15H2,(H,24,28). The first-order valence-electron chi connectivity index (χ1n) is 10.5. The number of likely N-dealkylation sites (tertiary alicyclic amines) is 1. The number of carbonyl (C=O) groups excluding carboxylic acids is 1. The molecule has 2 amide bonds. The molecule has 2 saturated heterocycles. The Balaban J connectivity index is 1.26. The van der Waals surface area contributed by atoms with Gasteiger partial charge in [0.1, 0.15) is 4.75 Å². The number of benzene rings is 1.